The number of pyridine rings is 1. The maximum Gasteiger partial charge on any atom is 0.189 e. The highest BCUT2D eigenvalue weighted by Crippen LogP contribution is 2.23. The van der Waals surface area contributed by atoms with E-state index in [9.17, 15) is 9.18 Å². The number of aromatic nitrogens is 1. The summed E-state index contributed by atoms with van der Waals surface area (Å²) in [5.74, 6) is 3.53. The average Bonchev–Trinajstić information content (AvgIpc) is 2.68. The predicted molar refractivity (Wildman–Crippen MR) is 99.6 cm³/mol. The molecule has 0 bridgehead atoms. The van der Waals surface area contributed by atoms with Gasteiger partial charge in [-0.15, -0.1) is 0 Å². The van der Waals surface area contributed by atoms with E-state index in [-0.39, 0.29) is 34.8 Å². The molecule has 0 aliphatic carbocycles. The summed E-state index contributed by atoms with van der Waals surface area (Å²) in [5, 5.41) is 0.0291. The highest BCUT2D eigenvalue weighted by Gasteiger charge is 2.18. The van der Waals surface area contributed by atoms with Gasteiger partial charge in [0.15, 0.2) is 17.5 Å². The van der Waals surface area contributed by atoms with Crippen LogP contribution in [0.2, 0.25) is 0 Å². The quantitative estimate of drug-likeness (QED) is 0.764. The minimum atomic E-state index is -0.842. The van der Waals surface area contributed by atoms with Gasteiger partial charge in [0, 0.05) is 24.9 Å². The molecule has 1 aromatic heterocycles. The molecule has 1 saturated heterocycles. The molecule has 2 heterocycles. The summed E-state index contributed by atoms with van der Waals surface area (Å²) in [5.41, 5.74) is 0.0773. The molecule has 1 aliphatic rings. The molecule has 6 heteroatoms. The summed E-state index contributed by atoms with van der Waals surface area (Å²) < 4.78 is 42.1. The molecule has 0 N–H and O–H groups in total. The summed E-state index contributed by atoms with van der Waals surface area (Å²) in [7, 11) is 0. The summed E-state index contributed by atoms with van der Waals surface area (Å²) >= 11 is 0. The minimum Gasteiger partial charge on any atom is -0.353 e. The van der Waals surface area contributed by atoms with Gasteiger partial charge in [0.2, 0.25) is 0 Å². The Labute approximate surface area is 157 Å². The third-order valence-corrected chi connectivity index (χ3v) is 4.74. The van der Waals surface area contributed by atoms with E-state index >= 15 is 4.39 Å². The SMILES string of the molecule is CCc1cc(=O)c2cc(F)c(C#CCOC3CCCCO3)c(F)c2n1CC. The number of benzene rings is 1. The summed E-state index contributed by atoms with van der Waals surface area (Å²) in [6.07, 6.45) is 3.10. The van der Waals surface area contributed by atoms with Crippen LogP contribution in [0, 0.1) is 23.5 Å². The molecule has 1 aromatic carbocycles. The number of rotatable bonds is 4. The van der Waals surface area contributed by atoms with Crippen LogP contribution in [-0.2, 0) is 22.4 Å². The fraction of sp³-hybridized carbons (Fsp3) is 0.476. The van der Waals surface area contributed by atoms with E-state index in [4.69, 9.17) is 9.47 Å². The lowest BCUT2D eigenvalue weighted by atomic mass is 10.1. The van der Waals surface area contributed by atoms with Gasteiger partial charge in [-0.05, 0) is 38.7 Å². The predicted octanol–water partition coefficient (Wildman–Crippen LogP) is 3.76. The number of aryl methyl sites for hydroxylation is 2. The molecule has 2 aromatic rings. The van der Waals surface area contributed by atoms with Crippen LogP contribution < -0.4 is 5.43 Å². The molecular formula is C21H23F2NO3. The zero-order valence-corrected chi connectivity index (χ0v) is 15.6. The molecular weight excluding hydrogens is 352 g/mol. The smallest absolute Gasteiger partial charge is 0.189 e. The molecule has 4 nitrogen and oxygen atoms in total. The Kier molecular flexibility index (Phi) is 6.25. The molecule has 144 valence electrons. The normalized spacial score (nSPS) is 17.0. The van der Waals surface area contributed by atoms with Crippen molar-refractivity contribution in [2.24, 2.45) is 0 Å². The second kappa shape index (κ2) is 8.64. The standard InChI is InChI=1S/C21H23F2NO3/c1-3-14-12-18(25)16-13-17(22)15(20(23)21(16)24(14)4-2)8-7-11-27-19-9-5-6-10-26-19/h12-13,19H,3-6,9-11H2,1-2H3. The molecule has 1 unspecified atom stereocenters. The van der Waals surface area contributed by atoms with E-state index < -0.39 is 11.6 Å². The number of hydrogen-bond donors (Lipinski definition) is 0. The van der Waals surface area contributed by atoms with Gasteiger partial charge in [-0.1, -0.05) is 18.8 Å². The van der Waals surface area contributed by atoms with Crippen molar-refractivity contribution in [1.29, 1.82) is 0 Å². The lowest BCUT2D eigenvalue weighted by Gasteiger charge is -2.21. The van der Waals surface area contributed by atoms with Crippen molar-refractivity contribution in [3.8, 4) is 11.8 Å². The highest BCUT2D eigenvalue weighted by molar-refractivity contribution is 5.82. The number of nitrogens with zero attached hydrogens (tertiary/aromatic N) is 1. The van der Waals surface area contributed by atoms with Crippen molar-refractivity contribution in [2.75, 3.05) is 13.2 Å². The Morgan fingerprint density at radius 1 is 1.30 bits per heavy atom. The maximum atomic E-state index is 15.1. The zero-order valence-electron chi connectivity index (χ0n) is 15.6. The summed E-state index contributed by atoms with van der Waals surface area (Å²) in [4.78, 5) is 12.3. The van der Waals surface area contributed by atoms with Crippen LogP contribution >= 0.6 is 0 Å². The second-order valence-electron chi connectivity index (χ2n) is 6.45. The van der Waals surface area contributed by atoms with Crippen molar-refractivity contribution >= 4 is 10.9 Å². The van der Waals surface area contributed by atoms with Crippen molar-refractivity contribution in [3.05, 3.63) is 45.2 Å². The zero-order chi connectivity index (χ0) is 19.4. The Hall–Kier alpha value is -2.23. The Morgan fingerprint density at radius 2 is 2.11 bits per heavy atom. The first kappa shape index (κ1) is 19.5. The van der Waals surface area contributed by atoms with Gasteiger partial charge in [-0.2, -0.15) is 0 Å². The van der Waals surface area contributed by atoms with E-state index in [0.29, 0.717) is 25.3 Å². The molecule has 3 rings (SSSR count). The fourth-order valence-corrected chi connectivity index (χ4v) is 3.38. The molecule has 0 amide bonds. The molecule has 0 spiro atoms. The van der Waals surface area contributed by atoms with Crippen LogP contribution in [0.4, 0.5) is 8.78 Å². The molecule has 27 heavy (non-hydrogen) atoms. The van der Waals surface area contributed by atoms with E-state index in [0.717, 1.165) is 25.3 Å². The lowest BCUT2D eigenvalue weighted by molar-refractivity contribution is -0.154. The third-order valence-electron chi connectivity index (χ3n) is 4.74. The third kappa shape index (κ3) is 4.05. The summed E-state index contributed by atoms with van der Waals surface area (Å²) in [6.45, 7) is 4.89. The Bertz CT molecular complexity index is 950. The first-order valence-corrected chi connectivity index (χ1v) is 9.33. The number of ether oxygens (including phenoxy) is 2. The molecule has 0 radical (unpaired) electrons. The average molecular weight is 375 g/mol. The van der Waals surface area contributed by atoms with Crippen LogP contribution in [0.25, 0.3) is 10.9 Å². The van der Waals surface area contributed by atoms with Crippen LogP contribution in [0.5, 0.6) is 0 Å². The molecule has 0 saturated carbocycles. The lowest BCUT2D eigenvalue weighted by Crippen LogP contribution is -2.22. The monoisotopic (exact) mass is 375 g/mol. The molecule has 1 aliphatic heterocycles. The molecule has 1 fully saturated rings. The number of fused-ring (bicyclic) bond motifs is 1. The largest absolute Gasteiger partial charge is 0.353 e. The van der Waals surface area contributed by atoms with Gasteiger partial charge in [-0.3, -0.25) is 4.79 Å². The van der Waals surface area contributed by atoms with Crippen LogP contribution in [0.3, 0.4) is 0 Å². The van der Waals surface area contributed by atoms with Crippen molar-refractivity contribution in [1.82, 2.24) is 4.57 Å². The second-order valence-corrected chi connectivity index (χ2v) is 6.45. The van der Waals surface area contributed by atoms with Gasteiger partial charge in [-0.25, -0.2) is 8.78 Å². The maximum absolute atomic E-state index is 15.1. The van der Waals surface area contributed by atoms with E-state index in [1.807, 2.05) is 13.8 Å². The van der Waals surface area contributed by atoms with Gasteiger partial charge in [0.1, 0.15) is 12.4 Å². The molecule has 1 atom stereocenters. The van der Waals surface area contributed by atoms with Gasteiger partial charge in [0.05, 0.1) is 16.5 Å². The van der Waals surface area contributed by atoms with Crippen LogP contribution in [0.1, 0.15) is 44.4 Å². The Morgan fingerprint density at radius 3 is 2.78 bits per heavy atom. The first-order chi connectivity index (χ1) is 13.1. The van der Waals surface area contributed by atoms with E-state index in [2.05, 4.69) is 11.8 Å². The van der Waals surface area contributed by atoms with Crippen molar-refractivity contribution < 1.29 is 18.3 Å². The van der Waals surface area contributed by atoms with E-state index in [1.54, 1.807) is 4.57 Å². The summed E-state index contributed by atoms with van der Waals surface area (Å²) in [6, 6.07) is 2.51. The van der Waals surface area contributed by atoms with Gasteiger partial charge < -0.3 is 14.0 Å². The first-order valence-electron chi connectivity index (χ1n) is 9.33. The minimum absolute atomic E-state index is 0.0250. The van der Waals surface area contributed by atoms with Crippen LogP contribution in [0.15, 0.2) is 16.9 Å². The van der Waals surface area contributed by atoms with Crippen molar-refractivity contribution in [2.45, 2.75) is 52.4 Å². The topological polar surface area (TPSA) is 40.5 Å². The van der Waals surface area contributed by atoms with Gasteiger partial charge in [0.25, 0.3) is 0 Å². The van der Waals surface area contributed by atoms with Crippen LogP contribution in [-0.4, -0.2) is 24.1 Å². The highest BCUT2D eigenvalue weighted by atomic mass is 19.1. The Balaban J connectivity index is 1.96. The van der Waals surface area contributed by atoms with Gasteiger partial charge >= 0.3 is 0 Å². The number of hydrogen-bond acceptors (Lipinski definition) is 3. The van der Waals surface area contributed by atoms with Crippen molar-refractivity contribution in [3.63, 3.8) is 0 Å². The fourth-order valence-electron chi connectivity index (χ4n) is 3.38. The van der Waals surface area contributed by atoms with E-state index in [1.165, 1.54) is 6.07 Å². The number of halogens is 2.